The van der Waals surface area contributed by atoms with Gasteiger partial charge in [-0.1, -0.05) is 31.0 Å². The van der Waals surface area contributed by atoms with Crippen molar-refractivity contribution in [2.24, 2.45) is 4.99 Å². The van der Waals surface area contributed by atoms with Crippen molar-refractivity contribution >= 4 is 35.6 Å². The zero-order valence-electron chi connectivity index (χ0n) is 16.4. The van der Waals surface area contributed by atoms with Gasteiger partial charge in [0.25, 0.3) is 0 Å². The first kappa shape index (κ1) is 21.5. The second-order valence-electron chi connectivity index (χ2n) is 7.32. The highest BCUT2D eigenvalue weighted by Crippen LogP contribution is 2.40. The van der Waals surface area contributed by atoms with E-state index in [1.165, 1.54) is 18.4 Å². The van der Waals surface area contributed by atoms with Crippen LogP contribution in [0.25, 0.3) is 5.65 Å². The summed E-state index contributed by atoms with van der Waals surface area (Å²) in [6.45, 7) is 1.29. The van der Waals surface area contributed by atoms with Crippen LogP contribution in [0.2, 0.25) is 0 Å². The van der Waals surface area contributed by atoms with Crippen LogP contribution >= 0.6 is 24.0 Å². The Hall–Kier alpha value is -2.23. The van der Waals surface area contributed by atoms with Crippen LogP contribution < -0.4 is 10.6 Å². The molecule has 29 heavy (non-hydrogen) atoms. The summed E-state index contributed by atoms with van der Waals surface area (Å²) < 4.78 is 15.3. The highest BCUT2D eigenvalue weighted by atomic mass is 127. The lowest BCUT2D eigenvalue weighted by Crippen LogP contribution is -2.44. The standard InChI is InChI=1S/C21H25FN6.HI/c1-23-20(24-14-19-27-26-18-6-2-5-13-28(18)19)25-15-21(11-3-4-12-21)16-7-9-17(22)10-8-16;/h2,5-10,13H,3-4,11-12,14-15H2,1H3,(H2,23,24,25);1H. The molecule has 2 heterocycles. The van der Waals surface area contributed by atoms with E-state index in [1.54, 1.807) is 19.2 Å². The Balaban J connectivity index is 0.00000240. The number of aromatic nitrogens is 3. The Morgan fingerprint density at radius 1 is 1.10 bits per heavy atom. The van der Waals surface area contributed by atoms with Crippen molar-refractivity contribution in [1.82, 2.24) is 25.2 Å². The molecule has 1 aromatic carbocycles. The molecule has 1 fully saturated rings. The third kappa shape index (κ3) is 4.68. The molecule has 2 N–H and O–H groups in total. The van der Waals surface area contributed by atoms with Gasteiger partial charge in [0.2, 0.25) is 0 Å². The van der Waals surface area contributed by atoms with Crippen LogP contribution in [0.1, 0.15) is 37.1 Å². The molecule has 0 aliphatic heterocycles. The number of guanidine groups is 1. The summed E-state index contributed by atoms with van der Waals surface area (Å²) in [6.07, 6.45) is 6.52. The quantitative estimate of drug-likeness (QED) is 0.314. The van der Waals surface area contributed by atoms with Gasteiger partial charge in [-0.2, -0.15) is 0 Å². The minimum atomic E-state index is -0.192. The van der Waals surface area contributed by atoms with Gasteiger partial charge < -0.3 is 10.6 Å². The molecule has 3 aromatic rings. The normalized spacial score (nSPS) is 15.9. The lowest BCUT2D eigenvalue weighted by Gasteiger charge is -2.30. The molecule has 0 saturated heterocycles. The summed E-state index contributed by atoms with van der Waals surface area (Å²) in [4.78, 5) is 4.34. The molecule has 0 atom stereocenters. The van der Waals surface area contributed by atoms with Crippen molar-refractivity contribution in [3.05, 3.63) is 65.9 Å². The number of aliphatic imine (C=N–C) groups is 1. The zero-order chi connectivity index (χ0) is 19.4. The lowest BCUT2D eigenvalue weighted by molar-refractivity contribution is 0.430. The molecule has 2 aromatic heterocycles. The van der Waals surface area contributed by atoms with Gasteiger partial charge in [0.1, 0.15) is 5.82 Å². The second-order valence-corrected chi connectivity index (χ2v) is 7.32. The fraction of sp³-hybridized carbons (Fsp3) is 0.381. The topological polar surface area (TPSA) is 66.6 Å². The number of halogens is 2. The number of fused-ring (bicyclic) bond motifs is 1. The van der Waals surface area contributed by atoms with Gasteiger partial charge >= 0.3 is 0 Å². The van der Waals surface area contributed by atoms with E-state index >= 15 is 0 Å². The number of pyridine rings is 1. The summed E-state index contributed by atoms with van der Waals surface area (Å²) in [5.74, 6) is 1.36. The van der Waals surface area contributed by atoms with Gasteiger partial charge in [-0.05, 0) is 42.7 Å². The first-order chi connectivity index (χ1) is 13.7. The van der Waals surface area contributed by atoms with E-state index in [9.17, 15) is 4.39 Å². The summed E-state index contributed by atoms with van der Waals surface area (Å²) in [5.41, 5.74) is 2.04. The van der Waals surface area contributed by atoms with Crippen LogP contribution in [-0.2, 0) is 12.0 Å². The van der Waals surface area contributed by atoms with Gasteiger partial charge in [0.15, 0.2) is 17.4 Å². The third-order valence-electron chi connectivity index (χ3n) is 5.63. The Bertz CT molecular complexity index is 963. The Morgan fingerprint density at radius 3 is 2.59 bits per heavy atom. The van der Waals surface area contributed by atoms with E-state index in [2.05, 4.69) is 25.8 Å². The predicted molar refractivity (Wildman–Crippen MR) is 123 cm³/mol. The van der Waals surface area contributed by atoms with Crippen molar-refractivity contribution in [3.63, 3.8) is 0 Å². The van der Waals surface area contributed by atoms with Crippen LogP contribution in [0.5, 0.6) is 0 Å². The monoisotopic (exact) mass is 508 g/mol. The molecule has 0 spiro atoms. The summed E-state index contributed by atoms with van der Waals surface area (Å²) in [5, 5.41) is 15.2. The smallest absolute Gasteiger partial charge is 0.191 e. The molecular weight excluding hydrogens is 482 g/mol. The number of benzene rings is 1. The van der Waals surface area contributed by atoms with Gasteiger partial charge in [-0.15, -0.1) is 34.2 Å². The minimum Gasteiger partial charge on any atom is -0.356 e. The molecule has 4 rings (SSSR count). The van der Waals surface area contributed by atoms with Gasteiger partial charge in [-0.3, -0.25) is 9.39 Å². The van der Waals surface area contributed by atoms with Crippen LogP contribution in [-0.4, -0.2) is 34.2 Å². The largest absolute Gasteiger partial charge is 0.356 e. The van der Waals surface area contributed by atoms with Gasteiger partial charge in [0.05, 0.1) is 6.54 Å². The van der Waals surface area contributed by atoms with Crippen molar-refractivity contribution in [1.29, 1.82) is 0 Å². The maximum absolute atomic E-state index is 13.4. The minimum absolute atomic E-state index is 0. The fourth-order valence-electron chi connectivity index (χ4n) is 4.07. The van der Waals surface area contributed by atoms with E-state index < -0.39 is 0 Å². The molecule has 1 aliphatic rings. The van der Waals surface area contributed by atoms with E-state index in [-0.39, 0.29) is 35.2 Å². The molecule has 1 aliphatic carbocycles. The van der Waals surface area contributed by atoms with E-state index in [0.29, 0.717) is 6.54 Å². The number of nitrogens with zero attached hydrogens (tertiary/aromatic N) is 4. The first-order valence-corrected chi connectivity index (χ1v) is 9.69. The zero-order valence-corrected chi connectivity index (χ0v) is 18.8. The van der Waals surface area contributed by atoms with Crippen LogP contribution in [0, 0.1) is 5.82 Å². The third-order valence-corrected chi connectivity index (χ3v) is 5.63. The average Bonchev–Trinajstić information content (AvgIpc) is 3.37. The second kappa shape index (κ2) is 9.51. The molecule has 1 saturated carbocycles. The molecule has 6 nitrogen and oxygen atoms in total. The SMILES string of the molecule is CN=C(NCc1nnc2ccccn12)NCC1(c2ccc(F)cc2)CCCC1.I. The maximum atomic E-state index is 13.4. The maximum Gasteiger partial charge on any atom is 0.191 e. The lowest BCUT2D eigenvalue weighted by atomic mass is 9.79. The van der Waals surface area contributed by atoms with E-state index in [4.69, 9.17) is 0 Å². The van der Waals surface area contributed by atoms with E-state index in [1.807, 2.05) is 40.9 Å². The van der Waals surface area contributed by atoms with Crippen molar-refractivity contribution < 1.29 is 4.39 Å². The Kier molecular flexibility index (Phi) is 7.05. The fourth-order valence-corrected chi connectivity index (χ4v) is 4.07. The molecular formula is C21H26FIN6. The highest BCUT2D eigenvalue weighted by Gasteiger charge is 2.35. The average molecular weight is 508 g/mol. The molecule has 0 unspecified atom stereocenters. The summed E-state index contributed by atoms with van der Waals surface area (Å²) in [7, 11) is 1.76. The number of rotatable bonds is 5. The molecule has 154 valence electrons. The Labute approximate surface area is 187 Å². The van der Waals surface area contributed by atoms with Gasteiger partial charge in [-0.25, -0.2) is 4.39 Å². The highest BCUT2D eigenvalue weighted by molar-refractivity contribution is 14.0. The number of hydrogen-bond donors (Lipinski definition) is 2. The molecule has 8 heteroatoms. The van der Waals surface area contributed by atoms with Gasteiger partial charge in [0, 0.05) is 25.2 Å². The van der Waals surface area contributed by atoms with Crippen LogP contribution in [0.4, 0.5) is 4.39 Å². The summed E-state index contributed by atoms with van der Waals surface area (Å²) >= 11 is 0. The molecule has 0 radical (unpaired) electrons. The summed E-state index contributed by atoms with van der Waals surface area (Å²) in [6, 6.07) is 12.8. The van der Waals surface area contributed by atoms with Crippen molar-refractivity contribution in [2.45, 2.75) is 37.6 Å². The van der Waals surface area contributed by atoms with E-state index in [0.717, 1.165) is 36.8 Å². The predicted octanol–water partition coefficient (Wildman–Crippen LogP) is 3.66. The number of hydrogen-bond acceptors (Lipinski definition) is 3. The van der Waals surface area contributed by atoms with Crippen LogP contribution in [0.3, 0.4) is 0 Å². The number of nitrogens with one attached hydrogen (secondary N) is 2. The van der Waals surface area contributed by atoms with Crippen LogP contribution in [0.15, 0.2) is 53.7 Å². The Morgan fingerprint density at radius 2 is 1.86 bits per heavy atom. The van der Waals surface area contributed by atoms with Crippen molar-refractivity contribution in [3.8, 4) is 0 Å². The molecule has 0 bridgehead atoms. The molecule has 0 amide bonds. The first-order valence-electron chi connectivity index (χ1n) is 9.69. The van der Waals surface area contributed by atoms with Crippen molar-refractivity contribution in [2.75, 3.05) is 13.6 Å².